The topological polar surface area (TPSA) is 152 Å². The van der Waals surface area contributed by atoms with E-state index >= 15 is 0 Å². The fraction of sp³-hybridized carbons (Fsp3) is 0.833. The number of Topliss-reactive ketones (excluding diaryl/α,β-unsaturated/α-hetero) is 1. The Labute approximate surface area is 130 Å². The SMILES string of the molecule is CCC(C)C(=O)C(O)(CC(=O)[O-])C[N+](C)(C)C.O=S(=O)(O)O. The number of likely N-dealkylation sites (N-methyl/N-ethyl adjacent to an activating group) is 1. The zero-order valence-corrected chi connectivity index (χ0v) is 14.3. The molecule has 0 aliphatic rings. The molecule has 10 heteroatoms. The van der Waals surface area contributed by atoms with Crippen LogP contribution in [0.1, 0.15) is 26.7 Å². The van der Waals surface area contributed by atoms with E-state index in [0.29, 0.717) is 10.9 Å². The van der Waals surface area contributed by atoms with E-state index in [1.54, 1.807) is 28.1 Å². The first-order valence-corrected chi connectivity index (χ1v) is 7.88. The van der Waals surface area contributed by atoms with Crippen molar-refractivity contribution >= 4 is 22.2 Å². The Morgan fingerprint density at radius 3 is 1.82 bits per heavy atom. The molecule has 2 unspecified atom stereocenters. The van der Waals surface area contributed by atoms with Crippen LogP contribution >= 0.6 is 0 Å². The van der Waals surface area contributed by atoms with Gasteiger partial charge in [-0.15, -0.1) is 0 Å². The first-order valence-electron chi connectivity index (χ1n) is 6.48. The Balaban J connectivity index is 0. The van der Waals surface area contributed by atoms with Crippen molar-refractivity contribution in [2.24, 2.45) is 5.92 Å². The minimum absolute atomic E-state index is 0.0597. The number of carbonyl (C=O) groups is 2. The van der Waals surface area contributed by atoms with E-state index in [9.17, 15) is 19.8 Å². The van der Waals surface area contributed by atoms with Crippen molar-refractivity contribution in [3.05, 3.63) is 0 Å². The second kappa shape index (κ2) is 8.53. The molecule has 0 radical (unpaired) electrons. The molecule has 0 saturated carbocycles. The van der Waals surface area contributed by atoms with Crippen LogP contribution in [0, 0.1) is 5.92 Å². The van der Waals surface area contributed by atoms with Crippen LogP contribution < -0.4 is 5.11 Å². The summed E-state index contributed by atoms with van der Waals surface area (Å²) in [6.07, 6.45) is -0.0724. The lowest BCUT2D eigenvalue weighted by Gasteiger charge is -2.36. The van der Waals surface area contributed by atoms with E-state index < -0.39 is 34.2 Å². The molecule has 3 N–H and O–H groups in total. The number of carbonyl (C=O) groups excluding carboxylic acids is 2. The predicted molar refractivity (Wildman–Crippen MR) is 76.1 cm³/mol. The van der Waals surface area contributed by atoms with Gasteiger partial charge in [0.2, 0.25) is 0 Å². The predicted octanol–water partition coefficient (Wildman–Crippen LogP) is -1.47. The zero-order chi connectivity index (χ0) is 18.4. The zero-order valence-electron chi connectivity index (χ0n) is 13.4. The molecule has 0 aromatic carbocycles. The normalized spacial score (nSPS) is 16.0. The fourth-order valence-electron chi connectivity index (χ4n) is 1.89. The van der Waals surface area contributed by atoms with Gasteiger partial charge in [-0.1, -0.05) is 13.8 Å². The van der Waals surface area contributed by atoms with Gasteiger partial charge in [-0.2, -0.15) is 8.42 Å². The van der Waals surface area contributed by atoms with E-state index in [2.05, 4.69) is 0 Å². The second-order valence-corrected chi connectivity index (χ2v) is 7.05. The Morgan fingerprint density at radius 2 is 1.59 bits per heavy atom. The van der Waals surface area contributed by atoms with Crippen molar-refractivity contribution in [1.82, 2.24) is 0 Å². The smallest absolute Gasteiger partial charge is 0.394 e. The maximum absolute atomic E-state index is 12.1. The molecule has 0 saturated heterocycles. The molecule has 22 heavy (non-hydrogen) atoms. The highest BCUT2D eigenvalue weighted by Crippen LogP contribution is 2.21. The molecule has 0 fully saturated rings. The van der Waals surface area contributed by atoms with Crippen molar-refractivity contribution in [2.45, 2.75) is 32.3 Å². The molecule has 0 heterocycles. The molecule has 0 spiro atoms. The number of quaternary nitrogens is 1. The van der Waals surface area contributed by atoms with Gasteiger partial charge in [0.15, 0.2) is 11.4 Å². The maximum Gasteiger partial charge on any atom is 0.394 e. The number of hydrogen-bond acceptors (Lipinski definition) is 6. The maximum atomic E-state index is 12.1. The molecule has 0 amide bonds. The summed E-state index contributed by atoms with van der Waals surface area (Å²) in [6.45, 7) is 3.58. The number of aliphatic carboxylic acids is 1. The van der Waals surface area contributed by atoms with E-state index in [0.717, 1.165) is 0 Å². The van der Waals surface area contributed by atoms with Crippen LogP contribution in [-0.4, -0.2) is 72.2 Å². The third-order valence-electron chi connectivity index (χ3n) is 2.69. The van der Waals surface area contributed by atoms with E-state index in [-0.39, 0.29) is 12.5 Å². The van der Waals surface area contributed by atoms with E-state index in [4.69, 9.17) is 17.5 Å². The number of carboxylic acids is 1. The molecule has 2 atom stereocenters. The van der Waals surface area contributed by atoms with Crippen LogP contribution in [-0.2, 0) is 20.0 Å². The third kappa shape index (κ3) is 12.7. The second-order valence-electron chi connectivity index (χ2n) is 6.15. The van der Waals surface area contributed by atoms with Gasteiger partial charge in [-0.05, 0) is 6.42 Å². The van der Waals surface area contributed by atoms with Crippen molar-refractivity contribution in [3.8, 4) is 0 Å². The van der Waals surface area contributed by atoms with Crippen molar-refractivity contribution < 1.29 is 41.8 Å². The summed E-state index contributed by atoms with van der Waals surface area (Å²) in [4.78, 5) is 22.7. The van der Waals surface area contributed by atoms with Gasteiger partial charge in [-0.3, -0.25) is 13.9 Å². The third-order valence-corrected chi connectivity index (χ3v) is 2.69. The Morgan fingerprint density at radius 1 is 1.23 bits per heavy atom. The number of ketones is 1. The van der Waals surface area contributed by atoms with Crippen LogP contribution in [0.25, 0.3) is 0 Å². The molecule has 0 aromatic rings. The lowest BCUT2D eigenvalue weighted by Crippen LogP contribution is -2.57. The van der Waals surface area contributed by atoms with Gasteiger partial charge < -0.3 is 19.5 Å². The van der Waals surface area contributed by atoms with Gasteiger partial charge in [0, 0.05) is 18.3 Å². The molecule has 9 nitrogen and oxygen atoms in total. The van der Waals surface area contributed by atoms with Gasteiger partial charge in [-0.25, -0.2) is 0 Å². The summed E-state index contributed by atoms with van der Waals surface area (Å²) in [6, 6.07) is 0. The van der Waals surface area contributed by atoms with Gasteiger partial charge in [0.1, 0.15) is 6.54 Å². The Hall–Kier alpha value is -1.07. The highest BCUT2D eigenvalue weighted by Gasteiger charge is 2.42. The summed E-state index contributed by atoms with van der Waals surface area (Å²) in [5, 5.41) is 21.0. The number of aliphatic hydroxyl groups is 1. The first-order chi connectivity index (χ1) is 9.52. The quantitative estimate of drug-likeness (QED) is 0.374. The number of nitrogens with zero attached hydrogens (tertiary/aromatic N) is 1. The Bertz CT molecular complexity index is 474. The lowest BCUT2D eigenvalue weighted by atomic mass is 9.85. The molecule has 0 bridgehead atoms. The lowest BCUT2D eigenvalue weighted by molar-refractivity contribution is -0.875. The van der Waals surface area contributed by atoms with Gasteiger partial charge >= 0.3 is 10.4 Å². The summed E-state index contributed by atoms with van der Waals surface area (Å²) in [5.41, 5.74) is -1.84. The monoisotopic (exact) mass is 343 g/mol. The van der Waals surface area contributed by atoms with Crippen molar-refractivity contribution in [1.29, 1.82) is 0 Å². The molecule has 0 aromatic heterocycles. The Kier molecular flexibility index (Phi) is 9.00. The average Bonchev–Trinajstić information content (AvgIpc) is 2.20. The van der Waals surface area contributed by atoms with Crippen LogP contribution in [0.4, 0.5) is 0 Å². The average molecular weight is 343 g/mol. The first kappa shape index (κ1) is 23.2. The minimum atomic E-state index is -4.67. The minimum Gasteiger partial charge on any atom is -0.550 e. The molecule has 0 rings (SSSR count). The highest BCUT2D eigenvalue weighted by atomic mass is 32.3. The van der Waals surface area contributed by atoms with E-state index in [1.807, 2.05) is 6.92 Å². The summed E-state index contributed by atoms with van der Waals surface area (Å²) < 4.78 is 31.9. The van der Waals surface area contributed by atoms with Gasteiger partial charge in [0.05, 0.1) is 21.1 Å². The standard InChI is InChI=1S/C12H23NO4.H2O4S/c1-6-9(2)11(16)12(17,7-10(14)15)8-13(3,4)5;1-5(2,3)4/h9,17H,6-8H2,1-5H3;(H2,1,2,3,4). The molecule has 0 aliphatic carbocycles. The molecule has 132 valence electrons. The summed E-state index contributed by atoms with van der Waals surface area (Å²) >= 11 is 0. The van der Waals surface area contributed by atoms with Gasteiger partial charge in [0.25, 0.3) is 0 Å². The summed E-state index contributed by atoms with van der Waals surface area (Å²) in [7, 11) is 0.721. The van der Waals surface area contributed by atoms with Crippen molar-refractivity contribution in [3.63, 3.8) is 0 Å². The molecular formula is C12H25NO8S. The number of carboxylic acid groups (broad SMARTS) is 1. The van der Waals surface area contributed by atoms with Crippen LogP contribution in [0.15, 0.2) is 0 Å². The summed E-state index contributed by atoms with van der Waals surface area (Å²) in [5.74, 6) is -2.18. The van der Waals surface area contributed by atoms with Crippen LogP contribution in [0.3, 0.4) is 0 Å². The van der Waals surface area contributed by atoms with Crippen LogP contribution in [0.2, 0.25) is 0 Å². The van der Waals surface area contributed by atoms with E-state index in [1.165, 1.54) is 0 Å². The largest absolute Gasteiger partial charge is 0.550 e. The van der Waals surface area contributed by atoms with Crippen molar-refractivity contribution in [2.75, 3.05) is 27.7 Å². The number of hydrogen-bond donors (Lipinski definition) is 3. The molecular weight excluding hydrogens is 318 g/mol. The fourth-order valence-corrected chi connectivity index (χ4v) is 1.89. The highest BCUT2D eigenvalue weighted by molar-refractivity contribution is 7.79. The molecule has 0 aliphatic heterocycles. The number of rotatable bonds is 7. The van der Waals surface area contributed by atoms with Crippen LogP contribution in [0.5, 0.6) is 0 Å².